The third-order valence-electron chi connectivity index (χ3n) is 4.34. The topological polar surface area (TPSA) is 90.9 Å². The highest BCUT2D eigenvalue weighted by atomic mass is 32.1. The summed E-state index contributed by atoms with van der Waals surface area (Å²) in [6.45, 7) is 0. The molecule has 1 aliphatic carbocycles. The van der Waals surface area contributed by atoms with Crippen molar-refractivity contribution < 1.29 is 9.90 Å². The van der Waals surface area contributed by atoms with Gasteiger partial charge in [0, 0.05) is 10.4 Å². The number of H-pyrrole nitrogens is 1. The molecule has 2 aromatic heterocycles. The molecule has 1 saturated carbocycles. The van der Waals surface area contributed by atoms with E-state index < -0.39 is 0 Å². The first kappa shape index (κ1) is 14.3. The van der Waals surface area contributed by atoms with Crippen molar-refractivity contribution in [2.75, 3.05) is 0 Å². The van der Waals surface area contributed by atoms with Crippen molar-refractivity contribution >= 4 is 28.3 Å². The zero-order chi connectivity index (χ0) is 15.8. The summed E-state index contributed by atoms with van der Waals surface area (Å²) in [5.74, 6) is 0.151. The fourth-order valence-electron chi connectivity index (χ4n) is 3.00. The third kappa shape index (κ3) is 2.73. The van der Waals surface area contributed by atoms with E-state index in [4.69, 9.17) is 0 Å². The lowest BCUT2D eigenvalue weighted by atomic mass is 9.76. The normalized spacial score (nSPS) is 21.8. The van der Waals surface area contributed by atoms with Crippen molar-refractivity contribution in [2.45, 2.75) is 25.0 Å². The highest BCUT2D eigenvalue weighted by molar-refractivity contribution is 7.10. The molecule has 0 spiro atoms. The second-order valence-electron chi connectivity index (χ2n) is 5.88. The van der Waals surface area contributed by atoms with Gasteiger partial charge in [0.2, 0.25) is 0 Å². The van der Waals surface area contributed by atoms with Gasteiger partial charge in [-0.2, -0.15) is 15.4 Å². The second-order valence-corrected chi connectivity index (χ2v) is 6.86. The molecule has 4 rings (SSSR count). The van der Waals surface area contributed by atoms with Gasteiger partial charge >= 0.3 is 0 Å². The van der Waals surface area contributed by atoms with E-state index in [9.17, 15) is 9.90 Å². The maximum atomic E-state index is 12.6. The van der Waals surface area contributed by atoms with Crippen LogP contribution >= 0.6 is 11.3 Å². The standard InChI is InChI=1S/C16H16N4O2S/c21-11-6-10(7-11)15(14-2-1-5-23-14)17-16(22)9-3-4-12-13(8-9)19-20-18-12/h1-5,8,10-11,15,21H,6-7H2,(H,17,22)(H,18,19,20)/t10?,11?,15-/m1/s1. The van der Waals surface area contributed by atoms with E-state index in [-0.39, 0.29) is 24.0 Å². The van der Waals surface area contributed by atoms with Gasteiger partial charge in [-0.3, -0.25) is 4.79 Å². The number of nitrogens with one attached hydrogen (secondary N) is 2. The molecule has 1 aliphatic rings. The predicted molar refractivity (Wildman–Crippen MR) is 87.1 cm³/mol. The molecule has 0 aliphatic heterocycles. The van der Waals surface area contributed by atoms with Crippen LogP contribution in [-0.4, -0.2) is 32.5 Å². The molecule has 1 amide bonds. The number of aliphatic hydroxyl groups excluding tert-OH is 1. The first-order valence-electron chi connectivity index (χ1n) is 7.53. The summed E-state index contributed by atoms with van der Waals surface area (Å²) in [4.78, 5) is 13.7. The van der Waals surface area contributed by atoms with Crippen LogP contribution in [0, 0.1) is 5.92 Å². The number of aromatic nitrogens is 3. The Labute approximate surface area is 136 Å². The lowest BCUT2D eigenvalue weighted by Gasteiger charge is -2.37. The van der Waals surface area contributed by atoms with Crippen molar-refractivity contribution in [1.82, 2.24) is 20.7 Å². The van der Waals surface area contributed by atoms with Gasteiger partial charge in [-0.05, 0) is 48.4 Å². The lowest BCUT2D eigenvalue weighted by molar-refractivity contribution is 0.0241. The monoisotopic (exact) mass is 328 g/mol. The van der Waals surface area contributed by atoms with Gasteiger partial charge in [-0.1, -0.05) is 6.07 Å². The molecule has 6 nitrogen and oxygen atoms in total. The number of aliphatic hydroxyl groups is 1. The third-order valence-corrected chi connectivity index (χ3v) is 5.29. The largest absolute Gasteiger partial charge is 0.393 e. The summed E-state index contributed by atoms with van der Waals surface area (Å²) in [7, 11) is 0. The SMILES string of the molecule is O=C(N[C@@H](c1cccs1)C1CC(O)C1)c1ccc2n[nH]nc2c1. The molecule has 0 bridgehead atoms. The number of fused-ring (bicyclic) bond motifs is 1. The highest BCUT2D eigenvalue weighted by Crippen LogP contribution is 2.39. The van der Waals surface area contributed by atoms with Crippen molar-refractivity contribution in [1.29, 1.82) is 0 Å². The van der Waals surface area contributed by atoms with Gasteiger partial charge in [-0.25, -0.2) is 0 Å². The molecular formula is C16H16N4O2S. The number of hydrogen-bond donors (Lipinski definition) is 3. The van der Waals surface area contributed by atoms with Gasteiger partial charge < -0.3 is 10.4 Å². The van der Waals surface area contributed by atoms with E-state index in [1.165, 1.54) is 0 Å². The van der Waals surface area contributed by atoms with E-state index in [1.807, 2.05) is 17.5 Å². The predicted octanol–water partition coefficient (Wildman–Crippen LogP) is 2.26. The minimum atomic E-state index is -0.245. The first-order chi connectivity index (χ1) is 11.2. The molecule has 0 radical (unpaired) electrons. The van der Waals surface area contributed by atoms with Crippen molar-refractivity contribution in [3.63, 3.8) is 0 Å². The van der Waals surface area contributed by atoms with E-state index >= 15 is 0 Å². The summed E-state index contributed by atoms with van der Waals surface area (Å²) < 4.78 is 0. The number of benzene rings is 1. The average molecular weight is 328 g/mol. The fourth-order valence-corrected chi connectivity index (χ4v) is 3.87. The van der Waals surface area contributed by atoms with Crippen molar-refractivity contribution in [3.8, 4) is 0 Å². The highest BCUT2D eigenvalue weighted by Gasteiger charge is 2.36. The van der Waals surface area contributed by atoms with Gasteiger partial charge in [0.25, 0.3) is 5.91 Å². The summed E-state index contributed by atoms with van der Waals surface area (Å²) in [5, 5.41) is 25.3. The molecule has 1 fully saturated rings. The Bertz CT molecular complexity index is 824. The van der Waals surface area contributed by atoms with Gasteiger partial charge in [0.1, 0.15) is 11.0 Å². The van der Waals surface area contributed by atoms with Crippen LogP contribution in [-0.2, 0) is 0 Å². The Morgan fingerprint density at radius 3 is 2.87 bits per heavy atom. The van der Waals surface area contributed by atoms with Crippen LogP contribution in [0.15, 0.2) is 35.7 Å². The zero-order valence-corrected chi connectivity index (χ0v) is 13.1. The number of carbonyl (C=O) groups is 1. The smallest absolute Gasteiger partial charge is 0.251 e. The molecule has 1 atom stereocenters. The Balaban J connectivity index is 1.56. The van der Waals surface area contributed by atoms with E-state index in [1.54, 1.807) is 29.5 Å². The molecule has 3 N–H and O–H groups in total. The van der Waals surface area contributed by atoms with Gasteiger partial charge in [-0.15, -0.1) is 11.3 Å². The molecular weight excluding hydrogens is 312 g/mol. The van der Waals surface area contributed by atoms with Crippen LogP contribution in [0.25, 0.3) is 11.0 Å². The molecule has 7 heteroatoms. The zero-order valence-electron chi connectivity index (χ0n) is 12.3. The Kier molecular flexibility index (Phi) is 3.59. The van der Waals surface area contributed by atoms with Crippen LogP contribution < -0.4 is 5.32 Å². The number of thiophene rings is 1. The molecule has 2 heterocycles. The summed E-state index contributed by atoms with van der Waals surface area (Å²) in [5.41, 5.74) is 1.97. The number of aromatic amines is 1. The molecule has 1 aromatic carbocycles. The minimum absolute atomic E-state index is 0.0566. The maximum absolute atomic E-state index is 12.6. The van der Waals surface area contributed by atoms with Crippen LogP contribution in [0.3, 0.4) is 0 Å². The molecule has 118 valence electrons. The average Bonchev–Trinajstić information content (AvgIpc) is 3.19. The van der Waals surface area contributed by atoms with Gasteiger partial charge in [0.15, 0.2) is 0 Å². The summed E-state index contributed by atoms with van der Waals surface area (Å²) >= 11 is 1.63. The second kappa shape index (κ2) is 5.75. The van der Waals surface area contributed by atoms with Crippen LogP contribution in [0.5, 0.6) is 0 Å². The number of rotatable bonds is 4. The lowest BCUT2D eigenvalue weighted by Crippen LogP contribution is -2.41. The van der Waals surface area contributed by atoms with E-state index in [0.29, 0.717) is 11.1 Å². The van der Waals surface area contributed by atoms with Crippen LogP contribution in [0.2, 0.25) is 0 Å². The van der Waals surface area contributed by atoms with Crippen molar-refractivity contribution in [3.05, 3.63) is 46.2 Å². The summed E-state index contributed by atoms with van der Waals surface area (Å²) in [6.07, 6.45) is 1.21. The number of hydrogen-bond acceptors (Lipinski definition) is 5. The Hall–Kier alpha value is -2.25. The molecule has 0 unspecified atom stereocenters. The Morgan fingerprint density at radius 2 is 2.13 bits per heavy atom. The summed E-state index contributed by atoms with van der Waals surface area (Å²) in [6, 6.07) is 9.22. The maximum Gasteiger partial charge on any atom is 0.251 e. The Morgan fingerprint density at radius 1 is 1.30 bits per heavy atom. The number of nitrogens with zero attached hydrogens (tertiary/aromatic N) is 2. The first-order valence-corrected chi connectivity index (χ1v) is 8.41. The van der Waals surface area contributed by atoms with E-state index in [2.05, 4.69) is 20.7 Å². The molecule has 23 heavy (non-hydrogen) atoms. The van der Waals surface area contributed by atoms with Crippen molar-refractivity contribution in [2.24, 2.45) is 5.92 Å². The minimum Gasteiger partial charge on any atom is -0.393 e. The van der Waals surface area contributed by atoms with Crippen LogP contribution in [0.1, 0.15) is 34.1 Å². The number of amides is 1. The van der Waals surface area contributed by atoms with E-state index in [0.717, 1.165) is 23.2 Å². The van der Waals surface area contributed by atoms with Gasteiger partial charge in [0.05, 0.1) is 12.1 Å². The fraction of sp³-hybridized carbons (Fsp3) is 0.312. The molecule has 0 saturated heterocycles. The quantitative estimate of drug-likeness (QED) is 0.685. The van der Waals surface area contributed by atoms with Crippen LogP contribution in [0.4, 0.5) is 0 Å². The molecule has 3 aromatic rings. The number of carbonyl (C=O) groups excluding carboxylic acids is 1.